The quantitative estimate of drug-likeness (QED) is 0.912. The second-order valence-electron chi connectivity index (χ2n) is 4.78. The number of halogens is 1. The van der Waals surface area contributed by atoms with Crippen molar-refractivity contribution < 1.29 is 5.11 Å². The zero-order valence-electron chi connectivity index (χ0n) is 11.3. The average molecular weight is 323 g/mol. The van der Waals surface area contributed by atoms with E-state index in [1.165, 1.54) is 5.56 Å². The first-order valence-corrected chi connectivity index (χ1v) is 7.35. The van der Waals surface area contributed by atoms with Crippen LogP contribution in [0.3, 0.4) is 0 Å². The molecule has 1 heterocycles. The molecule has 0 spiro atoms. The summed E-state index contributed by atoms with van der Waals surface area (Å²) in [5.74, 6) is 0.932. The highest BCUT2D eigenvalue weighted by atomic mass is 79.9. The molecular formula is C15H19BrN2O. The zero-order valence-corrected chi connectivity index (χ0v) is 12.9. The number of aliphatic hydroxyl groups is 1. The summed E-state index contributed by atoms with van der Waals surface area (Å²) in [5.41, 5.74) is 2.09. The van der Waals surface area contributed by atoms with Crippen molar-refractivity contribution in [1.29, 1.82) is 0 Å². The van der Waals surface area contributed by atoms with Crippen LogP contribution in [-0.2, 0) is 13.0 Å². The molecule has 2 rings (SSSR count). The van der Waals surface area contributed by atoms with Crippen LogP contribution in [0.5, 0.6) is 0 Å². The fraction of sp³-hybridized carbons (Fsp3) is 0.400. The number of hydrogen-bond donors (Lipinski definition) is 1. The van der Waals surface area contributed by atoms with Crippen LogP contribution >= 0.6 is 15.9 Å². The third-order valence-electron chi connectivity index (χ3n) is 3.16. The Labute approximate surface area is 122 Å². The predicted octanol–water partition coefficient (Wildman–Crippen LogP) is 3.64. The Morgan fingerprint density at radius 2 is 2.21 bits per heavy atom. The maximum Gasteiger partial charge on any atom is 0.111 e. The van der Waals surface area contributed by atoms with E-state index in [9.17, 15) is 5.11 Å². The van der Waals surface area contributed by atoms with E-state index in [1.54, 1.807) is 6.20 Å². The van der Waals surface area contributed by atoms with Gasteiger partial charge in [0.15, 0.2) is 0 Å². The number of benzene rings is 1. The van der Waals surface area contributed by atoms with Gasteiger partial charge in [0.25, 0.3) is 0 Å². The maximum absolute atomic E-state index is 10.4. The lowest BCUT2D eigenvalue weighted by molar-refractivity contribution is 0.173. The van der Waals surface area contributed by atoms with Gasteiger partial charge in [0, 0.05) is 29.8 Å². The molecule has 19 heavy (non-hydrogen) atoms. The lowest BCUT2D eigenvalue weighted by atomic mass is 10.0. The number of imidazole rings is 1. The van der Waals surface area contributed by atoms with Crippen molar-refractivity contribution in [3.05, 3.63) is 52.0 Å². The molecule has 2 aromatic rings. The molecule has 1 atom stereocenters. The van der Waals surface area contributed by atoms with E-state index in [0.717, 1.165) is 28.8 Å². The molecule has 0 bridgehead atoms. The van der Waals surface area contributed by atoms with Crippen LogP contribution in [0.4, 0.5) is 0 Å². The maximum atomic E-state index is 10.4. The van der Waals surface area contributed by atoms with E-state index in [2.05, 4.69) is 32.4 Å². The van der Waals surface area contributed by atoms with E-state index in [4.69, 9.17) is 0 Å². The molecule has 0 aliphatic rings. The molecule has 1 aromatic carbocycles. The normalized spacial score (nSPS) is 12.6. The van der Waals surface area contributed by atoms with Gasteiger partial charge in [0.2, 0.25) is 0 Å². The van der Waals surface area contributed by atoms with Crippen LogP contribution in [0.15, 0.2) is 35.1 Å². The summed E-state index contributed by atoms with van der Waals surface area (Å²) >= 11 is 3.51. The van der Waals surface area contributed by atoms with E-state index in [-0.39, 0.29) is 0 Å². The van der Waals surface area contributed by atoms with Crippen LogP contribution in [-0.4, -0.2) is 14.7 Å². The van der Waals surface area contributed by atoms with Gasteiger partial charge in [0.1, 0.15) is 5.82 Å². The van der Waals surface area contributed by atoms with Crippen molar-refractivity contribution in [3.8, 4) is 0 Å². The lowest BCUT2D eigenvalue weighted by Gasteiger charge is -2.14. The predicted molar refractivity (Wildman–Crippen MR) is 80.1 cm³/mol. The van der Waals surface area contributed by atoms with E-state index < -0.39 is 6.10 Å². The molecule has 0 radical (unpaired) electrons. The Bertz CT molecular complexity index is 551. The molecule has 1 aromatic heterocycles. The average Bonchev–Trinajstić information content (AvgIpc) is 2.77. The van der Waals surface area contributed by atoms with Gasteiger partial charge in [-0.25, -0.2) is 4.98 Å². The number of hydrogen-bond acceptors (Lipinski definition) is 2. The number of rotatable bonds is 5. The van der Waals surface area contributed by atoms with Gasteiger partial charge in [-0.15, -0.1) is 0 Å². The second kappa shape index (κ2) is 6.35. The van der Waals surface area contributed by atoms with E-state index in [1.807, 2.05) is 31.3 Å². The molecule has 0 fully saturated rings. The van der Waals surface area contributed by atoms with Crippen molar-refractivity contribution in [3.63, 3.8) is 0 Å². The SMILES string of the molecule is CCCn1ccnc1CC(O)c1ccc(C)cc1Br. The summed E-state index contributed by atoms with van der Waals surface area (Å²) in [6.07, 6.45) is 4.83. The first-order valence-electron chi connectivity index (χ1n) is 6.56. The summed E-state index contributed by atoms with van der Waals surface area (Å²) in [5, 5.41) is 10.4. The lowest BCUT2D eigenvalue weighted by Crippen LogP contribution is -2.09. The van der Waals surface area contributed by atoms with Gasteiger partial charge in [-0.3, -0.25) is 0 Å². The van der Waals surface area contributed by atoms with Crippen molar-refractivity contribution >= 4 is 15.9 Å². The summed E-state index contributed by atoms with van der Waals surface area (Å²) in [7, 11) is 0. The van der Waals surface area contributed by atoms with Crippen LogP contribution in [0.2, 0.25) is 0 Å². The Kier molecular flexibility index (Phi) is 4.77. The molecule has 102 valence electrons. The van der Waals surface area contributed by atoms with Crippen LogP contribution in [0.25, 0.3) is 0 Å². The first-order chi connectivity index (χ1) is 9.11. The largest absolute Gasteiger partial charge is 0.388 e. The van der Waals surface area contributed by atoms with Crippen molar-refractivity contribution in [2.75, 3.05) is 0 Å². The first kappa shape index (κ1) is 14.3. The second-order valence-corrected chi connectivity index (χ2v) is 5.64. The van der Waals surface area contributed by atoms with Crippen LogP contribution in [0.1, 0.15) is 36.4 Å². The molecule has 4 heteroatoms. The third kappa shape index (κ3) is 3.45. The molecular weight excluding hydrogens is 304 g/mol. The Hall–Kier alpha value is -1.13. The minimum Gasteiger partial charge on any atom is -0.388 e. The van der Waals surface area contributed by atoms with Crippen LogP contribution in [0, 0.1) is 6.92 Å². The molecule has 0 aliphatic carbocycles. The van der Waals surface area contributed by atoms with Gasteiger partial charge in [-0.2, -0.15) is 0 Å². The Morgan fingerprint density at radius 1 is 1.42 bits per heavy atom. The van der Waals surface area contributed by atoms with Crippen LogP contribution < -0.4 is 0 Å². The fourth-order valence-corrected chi connectivity index (χ4v) is 2.92. The molecule has 0 saturated heterocycles. The van der Waals surface area contributed by atoms with Crippen molar-refractivity contribution in [2.24, 2.45) is 0 Å². The highest BCUT2D eigenvalue weighted by molar-refractivity contribution is 9.10. The Morgan fingerprint density at radius 3 is 2.89 bits per heavy atom. The standard InChI is InChI=1S/C15H19BrN2O/c1-3-7-18-8-6-17-15(18)10-14(19)12-5-4-11(2)9-13(12)16/h4-6,8-9,14,19H,3,7,10H2,1-2H3. The highest BCUT2D eigenvalue weighted by Gasteiger charge is 2.15. The minimum absolute atomic E-state index is 0.534. The summed E-state index contributed by atoms with van der Waals surface area (Å²) < 4.78 is 3.05. The molecule has 1 unspecified atom stereocenters. The molecule has 0 saturated carbocycles. The summed E-state index contributed by atoms with van der Waals surface area (Å²) in [4.78, 5) is 4.34. The van der Waals surface area contributed by atoms with Crippen molar-refractivity contribution in [1.82, 2.24) is 9.55 Å². The van der Waals surface area contributed by atoms with Crippen molar-refractivity contribution in [2.45, 2.75) is 39.3 Å². The molecule has 1 N–H and O–H groups in total. The third-order valence-corrected chi connectivity index (χ3v) is 3.84. The number of aromatic nitrogens is 2. The number of aliphatic hydroxyl groups excluding tert-OH is 1. The molecule has 0 aliphatic heterocycles. The zero-order chi connectivity index (χ0) is 13.8. The number of nitrogens with zero attached hydrogens (tertiary/aromatic N) is 2. The van der Waals surface area contributed by atoms with Gasteiger partial charge in [-0.05, 0) is 30.5 Å². The number of aryl methyl sites for hydroxylation is 2. The topological polar surface area (TPSA) is 38.0 Å². The highest BCUT2D eigenvalue weighted by Crippen LogP contribution is 2.26. The van der Waals surface area contributed by atoms with E-state index in [0.29, 0.717) is 6.42 Å². The molecule has 3 nitrogen and oxygen atoms in total. The summed E-state index contributed by atoms with van der Waals surface area (Å²) in [6, 6.07) is 6.01. The summed E-state index contributed by atoms with van der Waals surface area (Å²) in [6.45, 7) is 5.11. The monoisotopic (exact) mass is 322 g/mol. The van der Waals surface area contributed by atoms with E-state index >= 15 is 0 Å². The van der Waals surface area contributed by atoms with Gasteiger partial charge in [-0.1, -0.05) is 35.0 Å². The van der Waals surface area contributed by atoms with Gasteiger partial charge < -0.3 is 9.67 Å². The Balaban J connectivity index is 2.16. The van der Waals surface area contributed by atoms with Gasteiger partial charge in [0.05, 0.1) is 6.10 Å². The minimum atomic E-state index is -0.534. The van der Waals surface area contributed by atoms with Gasteiger partial charge >= 0.3 is 0 Å². The molecule has 0 amide bonds. The smallest absolute Gasteiger partial charge is 0.111 e. The fourth-order valence-electron chi connectivity index (χ4n) is 2.16.